The van der Waals surface area contributed by atoms with Crippen LogP contribution in [0.4, 0.5) is 13.2 Å². The van der Waals surface area contributed by atoms with Gasteiger partial charge in [0.15, 0.2) is 34.7 Å². The van der Waals surface area contributed by atoms with Crippen LogP contribution in [-0.2, 0) is 6.61 Å². The average molecular weight is 295 g/mol. The van der Waals surface area contributed by atoms with Gasteiger partial charge in [-0.1, -0.05) is 5.16 Å². The van der Waals surface area contributed by atoms with Crippen molar-refractivity contribution in [3.8, 4) is 22.8 Å². The highest BCUT2D eigenvalue weighted by molar-refractivity contribution is 5.70. The summed E-state index contributed by atoms with van der Waals surface area (Å²) in [5.41, 5.74) is -0.0419. The zero-order chi connectivity index (χ0) is 15.0. The number of aliphatic hydroxyl groups excluding tert-OH is 1. The van der Waals surface area contributed by atoms with E-state index in [0.717, 1.165) is 12.1 Å². The van der Waals surface area contributed by atoms with Crippen LogP contribution in [-0.4, -0.2) is 10.3 Å². The van der Waals surface area contributed by atoms with Crippen LogP contribution < -0.4 is 0 Å². The minimum absolute atomic E-state index is 0.120. The Morgan fingerprint density at radius 1 is 1.10 bits per heavy atom. The highest BCUT2D eigenvalue weighted by atomic mass is 19.2. The van der Waals surface area contributed by atoms with Crippen molar-refractivity contribution in [1.82, 2.24) is 5.16 Å². The molecule has 1 aromatic carbocycles. The lowest BCUT2D eigenvalue weighted by atomic mass is 10.1. The minimum Gasteiger partial charge on any atom is -0.463 e. The molecular weight excluding hydrogens is 287 g/mol. The van der Waals surface area contributed by atoms with E-state index >= 15 is 0 Å². The summed E-state index contributed by atoms with van der Waals surface area (Å²) in [4.78, 5) is 0. The van der Waals surface area contributed by atoms with Crippen LogP contribution in [0.3, 0.4) is 0 Å². The van der Waals surface area contributed by atoms with Gasteiger partial charge in [-0.05, 0) is 24.3 Å². The van der Waals surface area contributed by atoms with Gasteiger partial charge in [-0.25, -0.2) is 13.2 Å². The molecule has 21 heavy (non-hydrogen) atoms. The van der Waals surface area contributed by atoms with E-state index in [1.807, 2.05) is 0 Å². The second-order valence-corrected chi connectivity index (χ2v) is 4.20. The normalized spacial score (nSPS) is 11.0. The number of benzene rings is 1. The molecule has 0 aliphatic heterocycles. The van der Waals surface area contributed by atoms with Crippen molar-refractivity contribution in [1.29, 1.82) is 0 Å². The molecule has 2 heterocycles. The molecule has 3 rings (SSSR count). The number of halogens is 3. The Morgan fingerprint density at radius 3 is 2.57 bits per heavy atom. The van der Waals surface area contributed by atoms with E-state index in [0.29, 0.717) is 5.76 Å². The number of hydrogen-bond acceptors (Lipinski definition) is 4. The maximum atomic E-state index is 13.8. The maximum absolute atomic E-state index is 13.8. The van der Waals surface area contributed by atoms with Gasteiger partial charge in [0, 0.05) is 0 Å². The first-order valence-electron chi connectivity index (χ1n) is 5.90. The zero-order valence-electron chi connectivity index (χ0n) is 10.4. The highest BCUT2D eigenvalue weighted by Crippen LogP contribution is 2.34. The molecule has 108 valence electrons. The number of furan rings is 1. The second-order valence-electron chi connectivity index (χ2n) is 4.20. The monoisotopic (exact) mass is 295 g/mol. The van der Waals surface area contributed by atoms with Crippen molar-refractivity contribution in [2.24, 2.45) is 0 Å². The molecule has 0 atom stereocenters. The summed E-state index contributed by atoms with van der Waals surface area (Å²) in [5.74, 6) is -4.22. The molecule has 3 aromatic rings. The van der Waals surface area contributed by atoms with E-state index < -0.39 is 24.1 Å². The summed E-state index contributed by atoms with van der Waals surface area (Å²) >= 11 is 0. The van der Waals surface area contributed by atoms with E-state index in [1.54, 1.807) is 12.1 Å². The number of rotatable bonds is 3. The van der Waals surface area contributed by atoms with Gasteiger partial charge < -0.3 is 14.0 Å². The topological polar surface area (TPSA) is 59.4 Å². The maximum Gasteiger partial charge on any atom is 0.195 e. The lowest BCUT2D eigenvalue weighted by molar-refractivity contribution is 0.281. The Balaban J connectivity index is 2.19. The van der Waals surface area contributed by atoms with Gasteiger partial charge in [-0.15, -0.1) is 0 Å². The number of aromatic nitrogens is 1. The van der Waals surface area contributed by atoms with E-state index in [9.17, 15) is 18.3 Å². The van der Waals surface area contributed by atoms with Crippen molar-refractivity contribution in [2.45, 2.75) is 6.61 Å². The Labute approximate surface area is 116 Å². The fourth-order valence-corrected chi connectivity index (χ4v) is 1.98. The molecule has 4 nitrogen and oxygen atoms in total. The summed E-state index contributed by atoms with van der Waals surface area (Å²) in [6.45, 7) is -0.534. The average Bonchev–Trinajstić information content (AvgIpc) is 3.13. The largest absolute Gasteiger partial charge is 0.463 e. The Kier molecular flexibility index (Phi) is 3.26. The van der Waals surface area contributed by atoms with Gasteiger partial charge in [-0.3, -0.25) is 0 Å². The van der Waals surface area contributed by atoms with Gasteiger partial charge >= 0.3 is 0 Å². The summed E-state index contributed by atoms with van der Waals surface area (Å²) < 4.78 is 50.2. The predicted molar refractivity (Wildman–Crippen MR) is 65.4 cm³/mol. The van der Waals surface area contributed by atoms with Gasteiger partial charge in [0.1, 0.15) is 0 Å². The fourth-order valence-electron chi connectivity index (χ4n) is 1.98. The van der Waals surface area contributed by atoms with Crippen LogP contribution in [0.1, 0.15) is 5.56 Å². The predicted octanol–water partition coefficient (Wildman–Crippen LogP) is 3.51. The van der Waals surface area contributed by atoms with Crippen molar-refractivity contribution in [3.63, 3.8) is 0 Å². The molecule has 0 fully saturated rings. The molecule has 0 spiro atoms. The fraction of sp³-hybridized carbons (Fsp3) is 0.0714. The third kappa shape index (κ3) is 2.11. The second kappa shape index (κ2) is 5.10. The first-order valence-corrected chi connectivity index (χ1v) is 5.90. The lowest BCUT2D eigenvalue weighted by Gasteiger charge is -2.03. The van der Waals surface area contributed by atoms with Crippen molar-refractivity contribution >= 4 is 0 Å². The lowest BCUT2D eigenvalue weighted by Crippen LogP contribution is -1.95. The van der Waals surface area contributed by atoms with E-state index in [2.05, 4.69) is 5.16 Å². The van der Waals surface area contributed by atoms with Gasteiger partial charge in [0.2, 0.25) is 0 Å². The molecule has 0 saturated heterocycles. The molecule has 7 heteroatoms. The molecule has 0 bridgehead atoms. The van der Waals surface area contributed by atoms with Crippen molar-refractivity contribution in [3.05, 3.63) is 53.5 Å². The Bertz CT molecular complexity index is 781. The minimum atomic E-state index is -1.62. The first kappa shape index (κ1) is 13.4. The summed E-state index contributed by atoms with van der Waals surface area (Å²) in [6.07, 6.45) is 1.39. The number of aliphatic hydroxyl groups is 1. The first-order chi connectivity index (χ1) is 10.1. The molecule has 1 N–H and O–H groups in total. The van der Waals surface area contributed by atoms with Crippen LogP contribution in [0.15, 0.2) is 39.5 Å². The summed E-state index contributed by atoms with van der Waals surface area (Å²) in [5, 5.41) is 13.1. The third-order valence-electron chi connectivity index (χ3n) is 2.98. The SMILES string of the molecule is OCc1c(-c2ccco2)noc1-c1ccc(F)c(F)c1F. The smallest absolute Gasteiger partial charge is 0.195 e. The van der Waals surface area contributed by atoms with E-state index in [1.165, 1.54) is 6.26 Å². The van der Waals surface area contributed by atoms with Crippen LogP contribution in [0, 0.1) is 17.5 Å². The molecule has 0 saturated carbocycles. The molecule has 0 aliphatic carbocycles. The van der Waals surface area contributed by atoms with Crippen molar-refractivity contribution in [2.75, 3.05) is 0 Å². The van der Waals surface area contributed by atoms with Crippen LogP contribution in [0.5, 0.6) is 0 Å². The molecule has 0 unspecified atom stereocenters. The Hall–Kier alpha value is -2.54. The van der Waals surface area contributed by atoms with Crippen LogP contribution in [0.2, 0.25) is 0 Å². The number of hydrogen-bond donors (Lipinski definition) is 1. The molecule has 0 aliphatic rings. The molecular formula is C14H8F3NO3. The molecule has 0 radical (unpaired) electrons. The van der Waals surface area contributed by atoms with Gasteiger partial charge in [0.25, 0.3) is 0 Å². The quantitative estimate of drug-likeness (QED) is 0.751. The van der Waals surface area contributed by atoms with Crippen LogP contribution >= 0.6 is 0 Å². The highest BCUT2D eigenvalue weighted by Gasteiger charge is 2.24. The van der Waals surface area contributed by atoms with Crippen LogP contribution in [0.25, 0.3) is 22.8 Å². The molecule has 0 amide bonds. The van der Waals surface area contributed by atoms with Crippen molar-refractivity contribution < 1.29 is 27.2 Å². The number of nitrogens with zero attached hydrogens (tertiary/aromatic N) is 1. The summed E-state index contributed by atoms with van der Waals surface area (Å²) in [6, 6.07) is 4.95. The third-order valence-corrected chi connectivity index (χ3v) is 2.98. The standard InChI is InChI=1S/C14H8F3NO3/c15-9-4-3-7(11(16)12(9)17)14-8(6-19)13(18-21-14)10-2-1-5-20-10/h1-5,19H,6H2. The van der Waals surface area contributed by atoms with Gasteiger partial charge in [-0.2, -0.15) is 0 Å². The van der Waals surface area contributed by atoms with Gasteiger partial charge in [0.05, 0.1) is 24.0 Å². The Morgan fingerprint density at radius 2 is 1.90 bits per heavy atom. The van der Waals surface area contributed by atoms with E-state index in [4.69, 9.17) is 8.94 Å². The van der Waals surface area contributed by atoms with E-state index in [-0.39, 0.29) is 22.6 Å². The summed E-state index contributed by atoms with van der Waals surface area (Å²) in [7, 11) is 0. The zero-order valence-corrected chi connectivity index (χ0v) is 10.4. The molecule has 2 aromatic heterocycles.